The summed E-state index contributed by atoms with van der Waals surface area (Å²) in [5, 5.41) is 10.7. The van der Waals surface area contributed by atoms with Gasteiger partial charge in [0, 0.05) is 11.1 Å². The smallest absolute Gasteiger partial charge is 0.356 e. The third-order valence-corrected chi connectivity index (χ3v) is 4.24. The molecule has 0 aliphatic heterocycles. The SMILES string of the molecule is Cc1ccc(-c2cc(C(=O)OCc3noc(-c4ccc(C)cc4)n3)[nH]n2)cc1. The topological polar surface area (TPSA) is 93.9 Å². The number of ether oxygens (including phenoxy) is 1. The minimum Gasteiger partial charge on any atom is -0.453 e. The molecule has 2 aromatic carbocycles. The number of nitrogens with zero attached hydrogens (tertiary/aromatic N) is 3. The molecule has 0 atom stereocenters. The van der Waals surface area contributed by atoms with E-state index in [0.717, 1.165) is 22.3 Å². The van der Waals surface area contributed by atoms with Gasteiger partial charge >= 0.3 is 5.97 Å². The van der Waals surface area contributed by atoms with E-state index in [2.05, 4.69) is 20.3 Å². The maximum absolute atomic E-state index is 12.3. The summed E-state index contributed by atoms with van der Waals surface area (Å²) in [5.74, 6) is 0.143. The predicted octanol–water partition coefficient (Wildman–Crippen LogP) is 4.10. The summed E-state index contributed by atoms with van der Waals surface area (Å²) < 4.78 is 10.5. The number of benzene rings is 2. The van der Waals surface area contributed by atoms with Gasteiger partial charge in [-0.25, -0.2) is 4.79 Å². The maximum atomic E-state index is 12.3. The van der Waals surface area contributed by atoms with Crippen LogP contribution in [0.25, 0.3) is 22.7 Å². The normalized spacial score (nSPS) is 10.8. The number of aryl methyl sites for hydroxylation is 2. The number of aromatic nitrogens is 4. The first kappa shape index (κ1) is 17.7. The summed E-state index contributed by atoms with van der Waals surface area (Å²) in [6.07, 6.45) is 0. The summed E-state index contributed by atoms with van der Waals surface area (Å²) >= 11 is 0. The van der Waals surface area contributed by atoms with Crippen LogP contribution < -0.4 is 0 Å². The maximum Gasteiger partial charge on any atom is 0.356 e. The molecule has 0 bridgehead atoms. The number of rotatable bonds is 5. The van der Waals surface area contributed by atoms with Crippen LogP contribution in [0.2, 0.25) is 0 Å². The highest BCUT2D eigenvalue weighted by Crippen LogP contribution is 2.20. The first-order valence-corrected chi connectivity index (χ1v) is 8.78. The van der Waals surface area contributed by atoms with Crippen molar-refractivity contribution >= 4 is 5.97 Å². The van der Waals surface area contributed by atoms with Crippen molar-refractivity contribution in [1.82, 2.24) is 20.3 Å². The van der Waals surface area contributed by atoms with Crippen LogP contribution in [0, 0.1) is 13.8 Å². The third kappa shape index (κ3) is 3.83. The molecule has 0 saturated heterocycles. The van der Waals surface area contributed by atoms with E-state index < -0.39 is 5.97 Å². The summed E-state index contributed by atoms with van der Waals surface area (Å²) in [6, 6.07) is 17.3. The Labute approximate surface area is 161 Å². The van der Waals surface area contributed by atoms with Gasteiger partial charge in [-0.2, -0.15) is 10.1 Å². The number of aromatic amines is 1. The Bertz CT molecular complexity index is 1100. The summed E-state index contributed by atoms with van der Waals surface area (Å²) in [5.41, 5.74) is 4.96. The van der Waals surface area contributed by atoms with E-state index >= 15 is 0 Å². The Balaban J connectivity index is 1.40. The molecule has 0 aliphatic rings. The monoisotopic (exact) mass is 374 g/mol. The standard InChI is InChI=1S/C21H18N4O3/c1-13-3-7-15(8-4-13)17-11-18(24-23-17)21(26)27-12-19-22-20(28-25-19)16-9-5-14(2)6-10-16/h3-11H,12H2,1-2H3,(H,23,24). The van der Waals surface area contributed by atoms with Crippen LogP contribution in [0.3, 0.4) is 0 Å². The molecule has 7 heteroatoms. The number of carbonyl (C=O) groups is 1. The second-order valence-electron chi connectivity index (χ2n) is 6.49. The second kappa shape index (κ2) is 7.48. The fraction of sp³-hybridized carbons (Fsp3) is 0.143. The van der Waals surface area contributed by atoms with Crippen molar-refractivity contribution in [2.45, 2.75) is 20.5 Å². The Hall–Kier alpha value is -3.74. The predicted molar refractivity (Wildman–Crippen MR) is 102 cm³/mol. The highest BCUT2D eigenvalue weighted by Gasteiger charge is 2.15. The van der Waals surface area contributed by atoms with E-state index in [4.69, 9.17) is 9.26 Å². The first-order valence-electron chi connectivity index (χ1n) is 8.78. The minimum absolute atomic E-state index is 0.0902. The van der Waals surface area contributed by atoms with Gasteiger partial charge in [-0.15, -0.1) is 0 Å². The minimum atomic E-state index is -0.535. The summed E-state index contributed by atoms with van der Waals surface area (Å²) in [6.45, 7) is 3.93. The van der Waals surface area contributed by atoms with Crippen molar-refractivity contribution in [3.63, 3.8) is 0 Å². The lowest BCUT2D eigenvalue weighted by atomic mass is 10.1. The molecule has 0 unspecified atom stereocenters. The number of carbonyl (C=O) groups excluding carboxylic acids is 1. The van der Waals surface area contributed by atoms with Gasteiger partial charge in [0.15, 0.2) is 6.61 Å². The van der Waals surface area contributed by atoms with Crippen LogP contribution >= 0.6 is 0 Å². The van der Waals surface area contributed by atoms with Gasteiger partial charge in [-0.1, -0.05) is 52.7 Å². The van der Waals surface area contributed by atoms with Gasteiger partial charge in [0.1, 0.15) is 5.69 Å². The van der Waals surface area contributed by atoms with Crippen LogP contribution in [-0.4, -0.2) is 26.3 Å². The summed E-state index contributed by atoms with van der Waals surface area (Å²) in [7, 11) is 0. The van der Waals surface area contributed by atoms with Crippen LogP contribution in [-0.2, 0) is 11.3 Å². The zero-order valence-corrected chi connectivity index (χ0v) is 15.5. The van der Waals surface area contributed by atoms with E-state index in [1.807, 2.05) is 62.4 Å². The van der Waals surface area contributed by atoms with Gasteiger partial charge in [0.25, 0.3) is 5.89 Å². The molecule has 140 valence electrons. The van der Waals surface area contributed by atoms with Crippen molar-refractivity contribution in [3.8, 4) is 22.7 Å². The number of nitrogens with one attached hydrogen (secondary N) is 1. The molecule has 0 fully saturated rings. The van der Waals surface area contributed by atoms with E-state index in [0.29, 0.717) is 17.4 Å². The van der Waals surface area contributed by atoms with Crippen LogP contribution in [0.15, 0.2) is 59.1 Å². The molecule has 0 saturated carbocycles. The largest absolute Gasteiger partial charge is 0.453 e. The molecule has 0 aliphatic carbocycles. The van der Waals surface area contributed by atoms with Crippen molar-refractivity contribution in [1.29, 1.82) is 0 Å². The van der Waals surface area contributed by atoms with Crippen molar-refractivity contribution in [3.05, 3.63) is 77.2 Å². The molecular weight excluding hydrogens is 356 g/mol. The molecule has 7 nitrogen and oxygen atoms in total. The molecule has 1 N–H and O–H groups in total. The lowest BCUT2D eigenvalue weighted by Gasteiger charge is -1.98. The molecule has 4 aromatic rings. The van der Waals surface area contributed by atoms with Crippen LogP contribution in [0.4, 0.5) is 0 Å². The quantitative estimate of drug-likeness (QED) is 0.529. The second-order valence-corrected chi connectivity index (χ2v) is 6.49. The fourth-order valence-electron chi connectivity index (χ4n) is 2.63. The average Bonchev–Trinajstić information content (AvgIpc) is 3.37. The van der Waals surface area contributed by atoms with E-state index in [1.165, 1.54) is 0 Å². The van der Waals surface area contributed by atoms with Gasteiger partial charge in [-0.3, -0.25) is 5.10 Å². The Morgan fingerprint density at radius 1 is 1.00 bits per heavy atom. The lowest BCUT2D eigenvalue weighted by Crippen LogP contribution is -2.06. The third-order valence-electron chi connectivity index (χ3n) is 4.24. The highest BCUT2D eigenvalue weighted by molar-refractivity contribution is 5.88. The number of H-pyrrole nitrogens is 1. The zero-order valence-electron chi connectivity index (χ0n) is 15.5. The average molecular weight is 374 g/mol. The molecule has 0 amide bonds. The Morgan fingerprint density at radius 2 is 1.64 bits per heavy atom. The molecule has 4 rings (SSSR count). The molecular formula is C21H18N4O3. The van der Waals surface area contributed by atoms with Gasteiger partial charge in [-0.05, 0) is 32.0 Å². The van der Waals surface area contributed by atoms with Crippen LogP contribution in [0.1, 0.15) is 27.4 Å². The van der Waals surface area contributed by atoms with Crippen molar-refractivity contribution < 1.29 is 14.1 Å². The number of hydrogen-bond acceptors (Lipinski definition) is 6. The van der Waals surface area contributed by atoms with E-state index in [9.17, 15) is 4.79 Å². The molecule has 0 radical (unpaired) electrons. The van der Waals surface area contributed by atoms with Gasteiger partial charge in [0.05, 0.1) is 5.69 Å². The fourth-order valence-corrected chi connectivity index (χ4v) is 2.63. The molecule has 28 heavy (non-hydrogen) atoms. The summed E-state index contributed by atoms with van der Waals surface area (Å²) in [4.78, 5) is 16.5. The van der Waals surface area contributed by atoms with Crippen LogP contribution in [0.5, 0.6) is 0 Å². The van der Waals surface area contributed by atoms with E-state index in [1.54, 1.807) is 6.07 Å². The highest BCUT2D eigenvalue weighted by atomic mass is 16.5. The van der Waals surface area contributed by atoms with E-state index in [-0.39, 0.29) is 12.3 Å². The molecule has 0 spiro atoms. The van der Waals surface area contributed by atoms with Crippen molar-refractivity contribution in [2.24, 2.45) is 0 Å². The van der Waals surface area contributed by atoms with Gasteiger partial charge < -0.3 is 9.26 Å². The Kier molecular flexibility index (Phi) is 4.72. The molecule has 2 heterocycles. The zero-order chi connectivity index (χ0) is 19.5. The lowest BCUT2D eigenvalue weighted by molar-refractivity contribution is 0.0452. The Morgan fingerprint density at radius 3 is 2.32 bits per heavy atom. The first-order chi connectivity index (χ1) is 13.6. The molecule has 2 aromatic heterocycles. The number of esters is 1. The van der Waals surface area contributed by atoms with Crippen molar-refractivity contribution in [2.75, 3.05) is 0 Å². The van der Waals surface area contributed by atoms with Gasteiger partial charge in [0.2, 0.25) is 5.82 Å². The number of hydrogen-bond donors (Lipinski definition) is 1.